The minimum Gasteiger partial charge on any atom is -0.369 e. The lowest BCUT2D eigenvalue weighted by Gasteiger charge is -2.40. The number of nitro groups is 1. The number of nitrogens with zero attached hydrogens (tertiary/aromatic N) is 6. The predicted molar refractivity (Wildman–Crippen MR) is 206 cm³/mol. The molecular formula is C39H41ClN8O7. The van der Waals surface area contributed by atoms with Crippen LogP contribution in [0, 0.1) is 16.0 Å². The Morgan fingerprint density at radius 2 is 1.56 bits per heavy atom. The van der Waals surface area contributed by atoms with Gasteiger partial charge in [0.1, 0.15) is 11.7 Å². The van der Waals surface area contributed by atoms with Gasteiger partial charge in [0, 0.05) is 88.8 Å². The number of nitro benzene ring substituents is 1. The first-order valence-electron chi connectivity index (χ1n) is 18.7. The van der Waals surface area contributed by atoms with Crippen molar-refractivity contribution in [2.75, 3.05) is 72.9 Å². The van der Waals surface area contributed by atoms with Gasteiger partial charge in [0.25, 0.3) is 17.5 Å². The standard InChI is InChI=1S/C39H41ClN8O7/c1-43-31-6-3-25(18-24(31)2-9-36(43)50)41-30-21-33(34(48(54)55)20-29(30)40)46-12-10-23(11-13-46)22-44-14-16-45(17-15-44)26-4-5-27-28(19-26)39(53)47(38(27)52)32-7-8-35(49)42-37(32)51/h3-6,18-21,23,32,41H,2,7-17,22H2,1H3,(H,42,49,51). The summed E-state index contributed by atoms with van der Waals surface area (Å²) >= 11 is 6.58. The summed E-state index contributed by atoms with van der Waals surface area (Å²) in [6.45, 7) is 5.37. The van der Waals surface area contributed by atoms with Gasteiger partial charge in [0.05, 0.1) is 26.8 Å². The van der Waals surface area contributed by atoms with E-state index in [2.05, 4.69) is 25.3 Å². The molecule has 3 aromatic rings. The van der Waals surface area contributed by atoms with Crippen molar-refractivity contribution in [2.24, 2.45) is 5.92 Å². The number of rotatable bonds is 8. The number of amides is 5. The molecule has 0 bridgehead atoms. The van der Waals surface area contributed by atoms with Crippen molar-refractivity contribution in [3.8, 4) is 0 Å². The highest BCUT2D eigenvalue weighted by atomic mass is 35.5. The van der Waals surface area contributed by atoms with E-state index in [0.29, 0.717) is 43.2 Å². The van der Waals surface area contributed by atoms with Crippen molar-refractivity contribution in [1.82, 2.24) is 15.1 Å². The highest BCUT2D eigenvalue weighted by Crippen LogP contribution is 2.40. The summed E-state index contributed by atoms with van der Waals surface area (Å²) in [6, 6.07) is 13.2. The Balaban J connectivity index is 0.867. The van der Waals surface area contributed by atoms with Gasteiger partial charge >= 0.3 is 0 Å². The van der Waals surface area contributed by atoms with Crippen LogP contribution >= 0.6 is 11.6 Å². The van der Waals surface area contributed by atoms with Crippen molar-refractivity contribution in [2.45, 2.75) is 44.6 Å². The van der Waals surface area contributed by atoms with Gasteiger partial charge in [-0.15, -0.1) is 0 Å². The molecule has 55 heavy (non-hydrogen) atoms. The SMILES string of the molecule is CN1C(=O)CCc2cc(Nc3cc(N4CCC(CN5CCN(c6ccc7c(c6)C(=O)N(C6CCC(=O)NC6=O)C7=O)CC5)CC4)c([N+](=O)[O-])cc3Cl)ccc21. The van der Waals surface area contributed by atoms with Gasteiger partial charge < -0.3 is 20.0 Å². The molecule has 5 aliphatic rings. The first kappa shape index (κ1) is 36.4. The van der Waals surface area contributed by atoms with Crippen LogP contribution in [0.4, 0.5) is 34.1 Å². The lowest BCUT2D eigenvalue weighted by molar-refractivity contribution is -0.384. The average molecular weight is 769 g/mol. The van der Waals surface area contributed by atoms with Crippen LogP contribution in [0.15, 0.2) is 48.5 Å². The van der Waals surface area contributed by atoms with Crippen molar-refractivity contribution in [3.63, 3.8) is 0 Å². The maximum Gasteiger partial charge on any atom is 0.294 e. The molecule has 3 aromatic carbocycles. The Morgan fingerprint density at radius 3 is 2.29 bits per heavy atom. The number of hydrogen-bond acceptors (Lipinski definition) is 11. The quantitative estimate of drug-likeness (QED) is 0.190. The minimum atomic E-state index is -0.997. The fraction of sp³-hybridized carbons (Fsp3) is 0.410. The van der Waals surface area contributed by atoms with Crippen LogP contribution in [0.3, 0.4) is 0 Å². The third-order valence-corrected chi connectivity index (χ3v) is 11.9. The molecule has 5 amide bonds. The Bertz CT molecular complexity index is 2130. The number of piperazine rings is 1. The van der Waals surface area contributed by atoms with E-state index in [9.17, 15) is 34.1 Å². The highest BCUT2D eigenvalue weighted by molar-refractivity contribution is 6.33. The molecule has 3 saturated heterocycles. The van der Waals surface area contributed by atoms with Gasteiger partial charge in [-0.3, -0.25) is 49.2 Å². The molecule has 5 aliphatic heterocycles. The van der Waals surface area contributed by atoms with E-state index in [1.807, 2.05) is 24.3 Å². The second-order valence-corrected chi connectivity index (χ2v) is 15.3. The first-order chi connectivity index (χ1) is 26.4. The molecule has 3 fully saturated rings. The molecule has 0 saturated carbocycles. The average Bonchev–Trinajstić information content (AvgIpc) is 3.42. The molecule has 5 heterocycles. The summed E-state index contributed by atoms with van der Waals surface area (Å²) in [4.78, 5) is 83.7. The summed E-state index contributed by atoms with van der Waals surface area (Å²) in [5.41, 5.74) is 5.17. The van der Waals surface area contributed by atoms with E-state index in [1.165, 1.54) is 6.07 Å². The number of halogens is 1. The Labute approximate surface area is 322 Å². The number of carbonyl (C=O) groups excluding carboxylic acids is 5. The predicted octanol–water partition coefficient (Wildman–Crippen LogP) is 4.34. The zero-order chi connectivity index (χ0) is 38.5. The monoisotopic (exact) mass is 768 g/mol. The number of nitrogens with one attached hydrogen (secondary N) is 2. The molecule has 286 valence electrons. The third-order valence-electron chi connectivity index (χ3n) is 11.6. The molecule has 0 aromatic heterocycles. The second-order valence-electron chi connectivity index (χ2n) is 14.9. The number of carbonyl (C=O) groups is 5. The van der Waals surface area contributed by atoms with Gasteiger partial charge in [-0.1, -0.05) is 11.6 Å². The Morgan fingerprint density at radius 1 is 0.818 bits per heavy atom. The van der Waals surface area contributed by atoms with E-state index in [1.54, 1.807) is 30.1 Å². The smallest absolute Gasteiger partial charge is 0.294 e. The van der Waals surface area contributed by atoms with Gasteiger partial charge in [-0.05, 0) is 79.6 Å². The van der Waals surface area contributed by atoms with E-state index in [4.69, 9.17) is 11.6 Å². The van der Waals surface area contributed by atoms with Crippen LogP contribution in [0.2, 0.25) is 5.02 Å². The molecule has 16 heteroatoms. The molecular weight excluding hydrogens is 728 g/mol. The lowest BCUT2D eigenvalue weighted by Crippen LogP contribution is -2.54. The van der Waals surface area contributed by atoms with Crippen LogP contribution in [-0.4, -0.2) is 103 Å². The number of anilines is 5. The minimum absolute atomic E-state index is 0.0306. The number of aryl methyl sites for hydroxylation is 1. The van der Waals surface area contributed by atoms with Crippen molar-refractivity contribution < 1.29 is 28.9 Å². The van der Waals surface area contributed by atoms with Gasteiger partial charge in [0.2, 0.25) is 17.7 Å². The first-order valence-corrected chi connectivity index (χ1v) is 19.1. The Kier molecular flexibility index (Phi) is 9.67. The van der Waals surface area contributed by atoms with Gasteiger partial charge in [0.15, 0.2) is 0 Å². The van der Waals surface area contributed by atoms with E-state index >= 15 is 0 Å². The molecule has 0 radical (unpaired) electrons. The molecule has 1 unspecified atom stereocenters. The second kappa shape index (κ2) is 14.6. The maximum atomic E-state index is 13.3. The number of hydrogen-bond donors (Lipinski definition) is 2. The van der Waals surface area contributed by atoms with Crippen molar-refractivity contribution >= 4 is 75.3 Å². The van der Waals surface area contributed by atoms with Crippen LogP contribution in [0.25, 0.3) is 0 Å². The van der Waals surface area contributed by atoms with Crippen LogP contribution in [-0.2, 0) is 20.8 Å². The van der Waals surface area contributed by atoms with E-state index in [0.717, 1.165) is 73.1 Å². The molecule has 2 N–H and O–H groups in total. The van der Waals surface area contributed by atoms with Gasteiger partial charge in [-0.2, -0.15) is 0 Å². The van der Waals surface area contributed by atoms with E-state index in [-0.39, 0.29) is 45.5 Å². The molecule has 8 rings (SSSR count). The van der Waals surface area contributed by atoms with Gasteiger partial charge in [-0.25, -0.2) is 0 Å². The summed E-state index contributed by atoms with van der Waals surface area (Å²) in [5, 5.41) is 18.0. The van der Waals surface area contributed by atoms with Crippen LogP contribution in [0.1, 0.15) is 58.4 Å². The number of imide groups is 2. The third kappa shape index (κ3) is 6.98. The fourth-order valence-corrected chi connectivity index (χ4v) is 8.71. The summed E-state index contributed by atoms with van der Waals surface area (Å²) < 4.78 is 0. The lowest BCUT2D eigenvalue weighted by atomic mass is 9.95. The normalized spacial score (nSPS) is 20.8. The van der Waals surface area contributed by atoms with Crippen molar-refractivity contribution in [1.29, 1.82) is 0 Å². The largest absolute Gasteiger partial charge is 0.369 e. The number of fused-ring (bicyclic) bond motifs is 2. The van der Waals surface area contributed by atoms with Crippen LogP contribution < -0.4 is 25.3 Å². The highest BCUT2D eigenvalue weighted by Gasteiger charge is 2.45. The summed E-state index contributed by atoms with van der Waals surface area (Å²) in [6.07, 6.45) is 3.04. The zero-order valence-electron chi connectivity index (χ0n) is 30.4. The maximum absolute atomic E-state index is 13.3. The van der Waals surface area contributed by atoms with Crippen molar-refractivity contribution in [3.05, 3.63) is 80.4 Å². The molecule has 0 aliphatic carbocycles. The number of benzene rings is 3. The topological polar surface area (TPSA) is 169 Å². The zero-order valence-corrected chi connectivity index (χ0v) is 31.1. The number of piperidine rings is 2. The summed E-state index contributed by atoms with van der Waals surface area (Å²) in [5.74, 6) is -1.56. The molecule has 0 spiro atoms. The Hall–Kier alpha value is -5.54. The molecule has 1 atom stereocenters. The molecule has 15 nitrogen and oxygen atoms in total. The van der Waals surface area contributed by atoms with E-state index < -0.39 is 29.7 Å². The summed E-state index contributed by atoms with van der Waals surface area (Å²) in [7, 11) is 1.77. The van der Waals surface area contributed by atoms with Crippen LogP contribution in [0.5, 0.6) is 0 Å². The fourth-order valence-electron chi connectivity index (χ4n) is 8.50.